The summed E-state index contributed by atoms with van der Waals surface area (Å²) < 4.78 is 32.7. The highest BCUT2D eigenvalue weighted by atomic mass is 32.1. The van der Waals surface area contributed by atoms with Crippen LogP contribution in [-0.2, 0) is 4.74 Å². The van der Waals surface area contributed by atoms with Gasteiger partial charge in [0, 0.05) is 20.2 Å². The minimum Gasteiger partial charge on any atom is -0.477 e. The Labute approximate surface area is 157 Å². The number of thiazole rings is 1. The minimum absolute atomic E-state index is 0.0474. The quantitative estimate of drug-likeness (QED) is 0.706. The number of aryl methyl sites for hydroxylation is 1. The molecule has 0 aromatic carbocycles. The van der Waals surface area contributed by atoms with Gasteiger partial charge in [0.05, 0.1) is 24.0 Å². The van der Waals surface area contributed by atoms with Crippen LogP contribution in [0.25, 0.3) is 0 Å². The van der Waals surface area contributed by atoms with E-state index in [-0.39, 0.29) is 10.6 Å². The summed E-state index contributed by atoms with van der Waals surface area (Å²) in [5, 5.41) is 12.2. The summed E-state index contributed by atoms with van der Waals surface area (Å²) in [5.74, 6) is -4.07. The van der Waals surface area contributed by atoms with E-state index in [4.69, 9.17) is 9.84 Å². The van der Waals surface area contributed by atoms with Crippen LogP contribution in [0.15, 0.2) is 6.20 Å². The highest BCUT2D eigenvalue weighted by Crippen LogP contribution is 2.26. The molecule has 0 unspecified atom stereocenters. The van der Waals surface area contributed by atoms with Crippen LogP contribution in [0.4, 0.5) is 13.9 Å². The second-order valence-corrected chi connectivity index (χ2v) is 7.16. The first-order chi connectivity index (χ1) is 12.8. The first kappa shape index (κ1) is 19.2. The number of carboxylic acids is 1. The van der Waals surface area contributed by atoms with E-state index in [2.05, 4.69) is 15.3 Å². The Balaban J connectivity index is 1.68. The molecule has 11 heteroatoms. The smallest absolute Gasteiger partial charge is 0.347 e. The fourth-order valence-electron chi connectivity index (χ4n) is 2.97. The van der Waals surface area contributed by atoms with Gasteiger partial charge in [-0.3, -0.25) is 4.79 Å². The minimum atomic E-state index is -1.21. The van der Waals surface area contributed by atoms with E-state index in [1.165, 1.54) is 20.2 Å². The highest BCUT2D eigenvalue weighted by molar-refractivity contribution is 7.17. The van der Waals surface area contributed by atoms with Crippen molar-refractivity contribution in [2.75, 3.05) is 25.1 Å². The number of H-pyrrole nitrogens is 1. The molecule has 8 nitrogen and oxygen atoms in total. The monoisotopic (exact) mass is 400 g/mol. The Morgan fingerprint density at radius 1 is 1.44 bits per heavy atom. The molecule has 1 saturated heterocycles. The molecular weight excluding hydrogens is 382 g/mol. The largest absolute Gasteiger partial charge is 0.477 e. The maximum absolute atomic E-state index is 13.8. The molecule has 0 spiro atoms. The molecule has 0 aliphatic carbocycles. The molecule has 2 aromatic rings. The van der Waals surface area contributed by atoms with Crippen LogP contribution in [-0.4, -0.2) is 59.3 Å². The fraction of sp³-hybridized carbons (Fsp3) is 0.438. The summed E-state index contributed by atoms with van der Waals surface area (Å²) in [5.41, 5.74) is -0.498. The van der Waals surface area contributed by atoms with Crippen molar-refractivity contribution in [1.82, 2.24) is 15.3 Å². The highest BCUT2D eigenvalue weighted by Gasteiger charge is 2.33. The number of ether oxygens (including phenoxy) is 1. The third-order valence-corrected chi connectivity index (χ3v) is 5.48. The van der Waals surface area contributed by atoms with Gasteiger partial charge in [-0.25, -0.2) is 18.6 Å². The summed E-state index contributed by atoms with van der Waals surface area (Å²) in [7, 11) is 1.48. The maximum atomic E-state index is 13.8. The van der Waals surface area contributed by atoms with Gasteiger partial charge in [-0.2, -0.15) is 0 Å². The van der Waals surface area contributed by atoms with E-state index in [0.29, 0.717) is 24.6 Å². The second kappa shape index (κ2) is 7.61. The molecular formula is C16H18F2N4O4S. The maximum Gasteiger partial charge on any atom is 0.347 e. The van der Waals surface area contributed by atoms with Crippen molar-refractivity contribution in [2.24, 2.45) is 0 Å². The average molecular weight is 400 g/mol. The van der Waals surface area contributed by atoms with Crippen molar-refractivity contribution < 1.29 is 28.2 Å². The normalized spacial score (nSPS) is 19.9. The van der Waals surface area contributed by atoms with E-state index < -0.39 is 41.4 Å². The number of methoxy groups -OCH3 is 1. The molecule has 3 heterocycles. The van der Waals surface area contributed by atoms with E-state index in [1.807, 2.05) is 4.90 Å². The van der Waals surface area contributed by atoms with Gasteiger partial charge in [0.2, 0.25) is 0 Å². The van der Waals surface area contributed by atoms with Crippen molar-refractivity contribution >= 4 is 28.3 Å². The number of carbonyl (C=O) groups is 2. The van der Waals surface area contributed by atoms with E-state index in [1.54, 1.807) is 0 Å². The summed E-state index contributed by atoms with van der Waals surface area (Å²) in [4.78, 5) is 31.8. The number of aromatic nitrogens is 2. The number of rotatable bonds is 5. The molecule has 1 fully saturated rings. The lowest BCUT2D eigenvalue weighted by Crippen LogP contribution is -2.55. The molecule has 1 aliphatic rings. The fourth-order valence-corrected chi connectivity index (χ4v) is 3.76. The standard InChI is InChI=1S/C16H18F2N4O4S/c1-7-11(17)12(18)13(20-7)14(23)21-8-3-4-22(6-9(8)26-2)16-19-5-10(27-16)15(24)25/h5,8-9,20H,3-4,6H2,1-2H3,(H,21,23)(H,24,25)/t8-,9+/m1/s1. The number of nitrogens with zero attached hydrogens (tertiary/aromatic N) is 2. The van der Waals surface area contributed by atoms with E-state index >= 15 is 0 Å². The van der Waals surface area contributed by atoms with Crippen molar-refractivity contribution in [3.63, 3.8) is 0 Å². The Morgan fingerprint density at radius 3 is 2.74 bits per heavy atom. The van der Waals surface area contributed by atoms with Crippen LogP contribution in [0.5, 0.6) is 0 Å². The number of hydrogen-bond donors (Lipinski definition) is 3. The Hall–Kier alpha value is -2.53. The molecule has 1 aliphatic heterocycles. The summed E-state index contributed by atoms with van der Waals surface area (Å²) in [6.45, 7) is 2.21. The Bertz CT molecular complexity index is 869. The molecule has 1 amide bonds. The SMILES string of the molecule is CO[C@H]1CN(c2ncc(C(=O)O)s2)CC[C@H]1NC(=O)c1[nH]c(C)c(F)c1F. The van der Waals surface area contributed by atoms with Gasteiger partial charge in [-0.1, -0.05) is 11.3 Å². The van der Waals surface area contributed by atoms with Crippen molar-refractivity contribution in [1.29, 1.82) is 0 Å². The average Bonchev–Trinajstić information content (AvgIpc) is 3.23. The first-order valence-electron chi connectivity index (χ1n) is 8.13. The first-order valence-corrected chi connectivity index (χ1v) is 8.94. The summed E-state index contributed by atoms with van der Waals surface area (Å²) >= 11 is 1.05. The number of nitrogens with one attached hydrogen (secondary N) is 2. The number of aromatic amines is 1. The number of halogens is 2. The number of aromatic carboxylic acids is 1. The van der Waals surface area contributed by atoms with Gasteiger partial charge >= 0.3 is 5.97 Å². The third kappa shape index (κ3) is 3.78. The van der Waals surface area contributed by atoms with Gasteiger partial charge in [0.1, 0.15) is 10.6 Å². The van der Waals surface area contributed by atoms with Crippen LogP contribution in [0, 0.1) is 18.6 Å². The lowest BCUT2D eigenvalue weighted by molar-refractivity contribution is 0.0538. The lowest BCUT2D eigenvalue weighted by atomic mass is 10.0. The van der Waals surface area contributed by atoms with E-state index in [9.17, 15) is 18.4 Å². The van der Waals surface area contributed by atoms with E-state index in [0.717, 1.165) is 11.3 Å². The molecule has 0 radical (unpaired) electrons. The van der Waals surface area contributed by atoms with Gasteiger partial charge in [0.15, 0.2) is 16.8 Å². The number of carboxylic acid groups (broad SMARTS) is 1. The van der Waals surface area contributed by atoms with Crippen molar-refractivity contribution in [2.45, 2.75) is 25.5 Å². The number of anilines is 1. The topological polar surface area (TPSA) is 108 Å². The molecule has 3 rings (SSSR count). The van der Waals surface area contributed by atoms with Gasteiger partial charge in [-0.05, 0) is 13.3 Å². The van der Waals surface area contributed by atoms with Crippen LogP contribution < -0.4 is 10.2 Å². The van der Waals surface area contributed by atoms with Crippen LogP contribution >= 0.6 is 11.3 Å². The predicted octanol–water partition coefficient (Wildman–Crippen LogP) is 1.78. The third-order valence-electron chi connectivity index (χ3n) is 4.43. The van der Waals surface area contributed by atoms with Gasteiger partial charge < -0.3 is 25.0 Å². The molecule has 0 saturated carbocycles. The number of hydrogen-bond acceptors (Lipinski definition) is 6. The molecule has 27 heavy (non-hydrogen) atoms. The summed E-state index contributed by atoms with van der Waals surface area (Å²) in [6, 6.07) is -0.413. The lowest BCUT2D eigenvalue weighted by Gasteiger charge is -2.37. The molecule has 146 valence electrons. The zero-order valence-corrected chi connectivity index (χ0v) is 15.4. The number of carbonyl (C=O) groups excluding carboxylic acids is 1. The van der Waals surface area contributed by atoms with Crippen molar-refractivity contribution in [3.8, 4) is 0 Å². The predicted molar refractivity (Wildman–Crippen MR) is 93.4 cm³/mol. The molecule has 3 N–H and O–H groups in total. The van der Waals surface area contributed by atoms with Gasteiger partial charge in [0.25, 0.3) is 5.91 Å². The Morgan fingerprint density at radius 2 is 2.19 bits per heavy atom. The molecule has 2 aromatic heterocycles. The molecule has 2 atom stereocenters. The molecule has 0 bridgehead atoms. The van der Waals surface area contributed by atoms with Gasteiger partial charge in [-0.15, -0.1) is 0 Å². The van der Waals surface area contributed by atoms with Crippen LogP contribution in [0.2, 0.25) is 0 Å². The number of amides is 1. The second-order valence-electron chi connectivity index (χ2n) is 6.15. The zero-order valence-electron chi connectivity index (χ0n) is 14.6. The van der Waals surface area contributed by atoms with Crippen LogP contribution in [0.3, 0.4) is 0 Å². The van der Waals surface area contributed by atoms with Crippen LogP contribution in [0.1, 0.15) is 32.3 Å². The van der Waals surface area contributed by atoms with Crippen molar-refractivity contribution in [3.05, 3.63) is 34.1 Å². The summed E-state index contributed by atoms with van der Waals surface area (Å²) in [6.07, 6.45) is 1.34. The number of piperidine rings is 1. The zero-order chi connectivity index (χ0) is 19.7. The Kier molecular flexibility index (Phi) is 5.42.